The van der Waals surface area contributed by atoms with E-state index in [-0.39, 0.29) is 0 Å². The molecule has 2 aromatic rings. The monoisotopic (exact) mass is 247 g/mol. The van der Waals surface area contributed by atoms with Gasteiger partial charge in [0.15, 0.2) is 0 Å². The molecule has 0 atom stereocenters. The van der Waals surface area contributed by atoms with Gasteiger partial charge in [0.1, 0.15) is 11.6 Å². The van der Waals surface area contributed by atoms with Crippen molar-refractivity contribution in [1.29, 1.82) is 0 Å². The highest BCUT2D eigenvalue weighted by Crippen LogP contribution is 2.27. The van der Waals surface area contributed by atoms with Crippen LogP contribution in [0.4, 0.5) is 5.82 Å². The van der Waals surface area contributed by atoms with Crippen LogP contribution in [0.15, 0.2) is 17.5 Å². The van der Waals surface area contributed by atoms with Crippen LogP contribution < -0.4 is 5.32 Å². The van der Waals surface area contributed by atoms with Gasteiger partial charge in [-0.1, -0.05) is 6.92 Å². The fourth-order valence-corrected chi connectivity index (χ4v) is 2.46. The van der Waals surface area contributed by atoms with Gasteiger partial charge in [-0.25, -0.2) is 9.97 Å². The number of nitrogens with one attached hydrogen (secondary N) is 1. The molecule has 2 rings (SSSR count). The Hall–Kier alpha value is -1.42. The fourth-order valence-electron chi connectivity index (χ4n) is 1.75. The van der Waals surface area contributed by atoms with Gasteiger partial charge in [0, 0.05) is 30.0 Å². The molecule has 2 heterocycles. The number of anilines is 1. The van der Waals surface area contributed by atoms with Crippen LogP contribution in [0.2, 0.25) is 0 Å². The third-order valence-electron chi connectivity index (χ3n) is 2.64. The van der Waals surface area contributed by atoms with Gasteiger partial charge in [0.2, 0.25) is 0 Å². The summed E-state index contributed by atoms with van der Waals surface area (Å²) in [7, 11) is 1.89. The molecule has 4 heteroatoms. The molecule has 0 aliphatic heterocycles. The minimum absolute atomic E-state index is 0.893. The highest BCUT2D eigenvalue weighted by molar-refractivity contribution is 7.10. The Morgan fingerprint density at radius 3 is 2.76 bits per heavy atom. The third kappa shape index (κ3) is 2.64. The van der Waals surface area contributed by atoms with Crippen LogP contribution in [0, 0.1) is 6.92 Å². The van der Waals surface area contributed by atoms with Gasteiger partial charge in [0.25, 0.3) is 0 Å². The molecule has 0 amide bonds. The highest BCUT2D eigenvalue weighted by atomic mass is 32.1. The normalized spacial score (nSPS) is 10.5. The first-order valence-electron chi connectivity index (χ1n) is 5.84. The molecule has 0 aromatic carbocycles. The quantitative estimate of drug-likeness (QED) is 0.898. The van der Waals surface area contributed by atoms with Gasteiger partial charge < -0.3 is 5.32 Å². The van der Waals surface area contributed by atoms with Crippen molar-refractivity contribution in [3.8, 4) is 11.3 Å². The summed E-state index contributed by atoms with van der Waals surface area (Å²) in [5.41, 5.74) is 2.23. The van der Waals surface area contributed by atoms with Crippen molar-refractivity contribution in [2.75, 3.05) is 12.4 Å². The molecule has 0 bridgehead atoms. The van der Waals surface area contributed by atoms with E-state index in [0.29, 0.717) is 0 Å². The van der Waals surface area contributed by atoms with E-state index in [1.807, 2.05) is 13.1 Å². The van der Waals surface area contributed by atoms with E-state index >= 15 is 0 Å². The van der Waals surface area contributed by atoms with Gasteiger partial charge in [-0.15, -0.1) is 11.3 Å². The lowest BCUT2D eigenvalue weighted by molar-refractivity contribution is 0.838. The average Bonchev–Trinajstić information content (AvgIpc) is 2.75. The van der Waals surface area contributed by atoms with Crippen LogP contribution in [-0.4, -0.2) is 17.0 Å². The van der Waals surface area contributed by atoms with Gasteiger partial charge in [-0.3, -0.25) is 0 Å². The van der Waals surface area contributed by atoms with E-state index in [0.717, 1.165) is 30.2 Å². The number of hydrogen-bond donors (Lipinski definition) is 1. The van der Waals surface area contributed by atoms with Crippen LogP contribution in [0.3, 0.4) is 0 Å². The van der Waals surface area contributed by atoms with E-state index < -0.39 is 0 Å². The maximum Gasteiger partial charge on any atom is 0.131 e. The molecular weight excluding hydrogens is 230 g/mol. The molecule has 1 N–H and O–H groups in total. The van der Waals surface area contributed by atoms with E-state index in [1.165, 1.54) is 10.4 Å². The van der Waals surface area contributed by atoms with Crippen molar-refractivity contribution in [2.45, 2.75) is 26.7 Å². The van der Waals surface area contributed by atoms with Crippen LogP contribution >= 0.6 is 11.3 Å². The maximum atomic E-state index is 4.63. The fraction of sp³-hybridized carbons (Fsp3) is 0.385. The Bertz CT molecular complexity index is 505. The molecule has 17 heavy (non-hydrogen) atoms. The summed E-state index contributed by atoms with van der Waals surface area (Å²) in [4.78, 5) is 10.4. The summed E-state index contributed by atoms with van der Waals surface area (Å²) in [5.74, 6) is 1.81. The van der Waals surface area contributed by atoms with Crippen LogP contribution in [0.5, 0.6) is 0 Å². The number of aromatic nitrogens is 2. The Balaban J connectivity index is 2.46. The van der Waals surface area contributed by atoms with Crippen LogP contribution in [0.1, 0.15) is 24.0 Å². The molecule has 0 saturated carbocycles. The van der Waals surface area contributed by atoms with Crippen molar-refractivity contribution in [3.05, 3.63) is 28.2 Å². The predicted molar refractivity (Wildman–Crippen MR) is 73.6 cm³/mol. The average molecular weight is 247 g/mol. The van der Waals surface area contributed by atoms with Crippen LogP contribution in [-0.2, 0) is 6.42 Å². The van der Waals surface area contributed by atoms with Crippen molar-refractivity contribution in [2.24, 2.45) is 0 Å². The van der Waals surface area contributed by atoms with E-state index in [2.05, 4.69) is 40.6 Å². The topological polar surface area (TPSA) is 37.8 Å². The Morgan fingerprint density at radius 1 is 1.35 bits per heavy atom. The summed E-state index contributed by atoms with van der Waals surface area (Å²) in [6.07, 6.45) is 1.99. The van der Waals surface area contributed by atoms with Crippen molar-refractivity contribution in [3.63, 3.8) is 0 Å². The summed E-state index contributed by atoms with van der Waals surface area (Å²) < 4.78 is 0. The highest BCUT2D eigenvalue weighted by Gasteiger charge is 2.08. The maximum absolute atomic E-state index is 4.63. The summed E-state index contributed by atoms with van der Waals surface area (Å²) in [5, 5.41) is 5.20. The number of hydrogen-bond acceptors (Lipinski definition) is 4. The van der Waals surface area contributed by atoms with Crippen LogP contribution in [0.25, 0.3) is 11.3 Å². The SMILES string of the molecule is CCCc1nc(NC)cc(-c2ccsc2C)n1. The van der Waals surface area contributed by atoms with Gasteiger partial charge in [-0.05, 0) is 24.8 Å². The second-order valence-corrected chi connectivity index (χ2v) is 5.07. The predicted octanol–water partition coefficient (Wildman–Crippen LogP) is 3.51. The van der Waals surface area contributed by atoms with E-state index in [1.54, 1.807) is 11.3 Å². The smallest absolute Gasteiger partial charge is 0.131 e. The Kier molecular flexibility index (Phi) is 3.74. The second kappa shape index (κ2) is 5.27. The summed E-state index contributed by atoms with van der Waals surface area (Å²) in [6, 6.07) is 4.13. The van der Waals surface area contributed by atoms with Gasteiger partial charge in [0.05, 0.1) is 5.69 Å². The standard InChI is InChI=1S/C13H17N3S/c1-4-5-12-15-11(8-13(14-3)16-12)10-6-7-17-9(10)2/h6-8H,4-5H2,1-3H3,(H,14,15,16). The van der Waals surface area contributed by atoms with E-state index in [4.69, 9.17) is 0 Å². The summed E-state index contributed by atoms with van der Waals surface area (Å²) >= 11 is 1.75. The van der Waals surface area contributed by atoms with Crippen molar-refractivity contribution < 1.29 is 0 Å². The molecule has 2 aromatic heterocycles. The zero-order valence-corrected chi connectivity index (χ0v) is 11.3. The third-order valence-corrected chi connectivity index (χ3v) is 3.48. The van der Waals surface area contributed by atoms with Crippen molar-refractivity contribution in [1.82, 2.24) is 9.97 Å². The number of aryl methyl sites for hydroxylation is 2. The molecule has 0 radical (unpaired) electrons. The first-order valence-corrected chi connectivity index (χ1v) is 6.72. The summed E-state index contributed by atoms with van der Waals surface area (Å²) in [6.45, 7) is 4.27. The van der Waals surface area contributed by atoms with Gasteiger partial charge >= 0.3 is 0 Å². The molecule has 0 aliphatic rings. The molecule has 0 aliphatic carbocycles. The minimum Gasteiger partial charge on any atom is -0.373 e. The number of nitrogens with zero attached hydrogens (tertiary/aromatic N) is 2. The zero-order valence-electron chi connectivity index (χ0n) is 10.4. The molecule has 0 saturated heterocycles. The molecular formula is C13H17N3S. The molecule has 90 valence electrons. The zero-order chi connectivity index (χ0) is 12.3. The molecule has 0 fully saturated rings. The lowest BCUT2D eigenvalue weighted by atomic mass is 10.2. The molecule has 3 nitrogen and oxygen atoms in total. The number of rotatable bonds is 4. The van der Waals surface area contributed by atoms with Crippen molar-refractivity contribution >= 4 is 17.2 Å². The van der Waals surface area contributed by atoms with Gasteiger partial charge in [-0.2, -0.15) is 0 Å². The first kappa shape index (κ1) is 12.0. The molecule has 0 unspecified atom stereocenters. The van der Waals surface area contributed by atoms with E-state index in [9.17, 15) is 0 Å². The largest absolute Gasteiger partial charge is 0.373 e. The Labute approximate surface area is 106 Å². The lowest BCUT2D eigenvalue weighted by Gasteiger charge is -2.07. The number of thiophene rings is 1. The second-order valence-electron chi connectivity index (χ2n) is 3.95. The first-order chi connectivity index (χ1) is 8.24. The lowest BCUT2D eigenvalue weighted by Crippen LogP contribution is -2.01. The Morgan fingerprint density at radius 2 is 2.18 bits per heavy atom. The molecule has 0 spiro atoms. The minimum atomic E-state index is 0.893.